The monoisotopic (exact) mass is 247 g/mol. The van der Waals surface area contributed by atoms with Gasteiger partial charge in [0.1, 0.15) is 0 Å². The summed E-state index contributed by atoms with van der Waals surface area (Å²) in [6.07, 6.45) is 2.38. The van der Waals surface area contributed by atoms with E-state index in [4.69, 9.17) is 20.6 Å². The molecule has 1 aliphatic heterocycles. The van der Waals surface area contributed by atoms with Crippen LogP contribution in [0.15, 0.2) is 42.2 Å². The van der Waals surface area contributed by atoms with Crippen LogP contribution in [0.2, 0.25) is 0 Å². The highest BCUT2D eigenvalue weighted by Gasteiger charge is 2.22. The quantitative estimate of drug-likeness (QED) is 0.697. The van der Waals surface area contributed by atoms with Crippen molar-refractivity contribution in [3.8, 4) is 0 Å². The smallest absolute Gasteiger partial charge is 0.184 e. The summed E-state index contributed by atoms with van der Waals surface area (Å²) < 4.78 is 11.3. The molecule has 0 saturated carbocycles. The predicted molar refractivity (Wildman–Crippen MR) is 69.1 cm³/mol. The number of benzene rings is 1. The molecule has 0 radical (unpaired) electrons. The Bertz CT molecular complexity index is 412. The van der Waals surface area contributed by atoms with Crippen LogP contribution in [0.5, 0.6) is 0 Å². The summed E-state index contributed by atoms with van der Waals surface area (Å²) in [5, 5.41) is 10.0. The molecule has 1 aromatic rings. The van der Waals surface area contributed by atoms with Crippen LogP contribution in [-0.4, -0.2) is 25.5 Å². The lowest BCUT2D eigenvalue weighted by Crippen LogP contribution is -2.40. The van der Waals surface area contributed by atoms with Crippen molar-refractivity contribution in [1.29, 1.82) is 5.41 Å². The van der Waals surface area contributed by atoms with Gasteiger partial charge in [-0.05, 0) is 0 Å². The van der Waals surface area contributed by atoms with Crippen LogP contribution in [0.3, 0.4) is 0 Å². The van der Waals surface area contributed by atoms with E-state index >= 15 is 0 Å². The highest BCUT2D eigenvalue weighted by molar-refractivity contribution is 5.73. The van der Waals surface area contributed by atoms with Gasteiger partial charge in [-0.3, -0.25) is 0 Å². The lowest BCUT2D eigenvalue weighted by molar-refractivity contribution is -0.193. The minimum atomic E-state index is -0.298. The second kappa shape index (κ2) is 6.18. The topological polar surface area (TPSA) is 80.4 Å². The zero-order chi connectivity index (χ0) is 12.8. The molecule has 18 heavy (non-hydrogen) atoms. The third kappa shape index (κ3) is 3.32. The lowest BCUT2D eigenvalue weighted by atomic mass is 10.2. The molecule has 0 bridgehead atoms. The van der Waals surface area contributed by atoms with E-state index in [0.717, 1.165) is 11.8 Å². The molecule has 5 nitrogen and oxygen atoms in total. The van der Waals surface area contributed by atoms with Crippen LogP contribution in [0.1, 0.15) is 11.9 Å². The summed E-state index contributed by atoms with van der Waals surface area (Å²) in [5.41, 5.74) is 6.88. The number of allylic oxidation sites excluding steroid dienone is 1. The molecule has 1 heterocycles. The lowest BCUT2D eigenvalue weighted by Gasteiger charge is -2.29. The predicted octanol–water partition coefficient (Wildman–Crippen LogP) is 1.14. The first-order valence-corrected chi connectivity index (χ1v) is 5.80. The van der Waals surface area contributed by atoms with Gasteiger partial charge in [0, 0.05) is 18.0 Å². The van der Waals surface area contributed by atoms with Crippen molar-refractivity contribution >= 4 is 6.21 Å². The van der Waals surface area contributed by atoms with Crippen molar-refractivity contribution in [2.45, 2.75) is 12.3 Å². The highest BCUT2D eigenvalue weighted by Crippen LogP contribution is 2.22. The summed E-state index contributed by atoms with van der Waals surface area (Å²) >= 11 is 0. The fourth-order valence-corrected chi connectivity index (χ4v) is 1.66. The number of hydrogen-bond donors (Lipinski definition) is 3. The normalized spacial score (nSPS) is 24.6. The molecule has 1 fully saturated rings. The Hall–Kier alpha value is -1.85. The van der Waals surface area contributed by atoms with E-state index in [9.17, 15) is 0 Å². The first kappa shape index (κ1) is 12.6. The van der Waals surface area contributed by atoms with E-state index in [1.165, 1.54) is 0 Å². The van der Waals surface area contributed by atoms with Crippen LogP contribution >= 0.6 is 0 Å². The van der Waals surface area contributed by atoms with Crippen molar-refractivity contribution in [1.82, 2.24) is 5.32 Å². The molecule has 5 heteroatoms. The van der Waals surface area contributed by atoms with Crippen LogP contribution < -0.4 is 11.1 Å². The first-order valence-electron chi connectivity index (χ1n) is 5.80. The van der Waals surface area contributed by atoms with Gasteiger partial charge in [0.15, 0.2) is 6.29 Å². The Morgan fingerprint density at radius 3 is 2.56 bits per heavy atom. The van der Waals surface area contributed by atoms with Gasteiger partial charge in [0.05, 0.1) is 25.0 Å². The van der Waals surface area contributed by atoms with E-state index in [-0.39, 0.29) is 12.3 Å². The highest BCUT2D eigenvalue weighted by atomic mass is 16.7. The fourth-order valence-electron chi connectivity index (χ4n) is 1.66. The minimum Gasteiger partial charge on any atom is -0.396 e. The molecule has 0 aliphatic carbocycles. The molecule has 0 atom stereocenters. The second-order valence-corrected chi connectivity index (χ2v) is 4.06. The molecule has 1 aromatic carbocycles. The third-order valence-electron chi connectivity index (χ3n) is 2.62. The van der Waals surface area contributed by atoms with Crippen molar-refractivity contribution in [2.75, 3.05) is 13.2 Å². The Morgan fingerprint density at radius 2 is 1.94 bits per heavy atom. The van der Waals surface area contributed by atoms with Gasteiger partial charge < -0.3 is 25.9 Å². The van der Waals surface area contributed by atoms with Crippen LogP contribution in [0.25, 0.3) is 0 Å². The zero-order valence-electron chi connectivity index (χ0n) is 10.0. The Kier molecular flexibility index (Phi) is 4.33. The second-order valence-electron chi connectivity index (χ2n) is 4.06. The molecule has 0 unspecified atom stereocenters. The Morgan fingerprint density at radius 1 is 1.28 bits per heavy atom. The summed E-state index contributed by atoms with van der Waals surface area (Å²) in [7, 11) is 0. The van der Waals surface area contributed by atoms with Gasteiger partial charge in [-0.2, -0.15) is 0 Å². The van der Waals surface area contributed by atoms with E-state index < -0.39 is 0 Å². The summed E-state index contributed by atoms with van der Waals surface area (Å²) in [4.78, 5) is 0. The maximum absolute atomic E-state index is 6.95. The summed E-state index contributed by atoms with van der Waals surface area (Å²) in [6, 6.07) is 9.89. The van der Waals surface area contributed by atoms with Crippen molar-refractivity contribution in [2.24, 2.45) is 5.73 Å². The molecule has 1 saturated heterocycles. The van der Waals surface area contributed by atoms with E-state index in [0.29, 0.717) is 18.9 Å². The maximum atomic E-state index is 6.95. The maximum Gasteiger partial charge on any atom is 0.184 e. The van der Waals surface area contributed by atoms with Gasteiger partial charge in [-0.25, -0.2) is 0 Å². The fraction of sp³-hybridized carbons (Fsp3) is 0.308. The average molecular weight is 247 g/mol. The van der Waals surface area contributed by atoms with E-state index in [2.05, 4.69) is 5.32 Å². The molecule has 1 aliphatic rings. The van der Waals surface area contributed by atoms with E-state index in [1.807, 2.05) is 30.3 Å². The molecule has 4 N–H and O–H groups in total. The zero-order valence-corrected chi connectivity index (χ0v) is 10.0. The number of hydrogen-bond acceptors (Lipinski definition) is 5. The summed E-state index contributed by atoms with van der Waals surface area (Å²) in [5.74, 6) is 0. The molecule has 96 valence electrons. The molecular formula is C13H17N3O2. The average Bonchev–Trinajstić information content (AvgIpc) is 2.46. The Labute approximate surface area is 106 Å². The summed E-state index contributed by atoms with van der Waals surface area (Å²) in [6.45, 7) is 1.09. The molecule has 2 rings (SSSR count). The molecule has 0 aromatic heterocycles. The SMILES string of the molecule is N=C/C(N)=C\NC1COC(c2ccccc2)OC1. The van der Waals surface area contributed by atoms with Gasteiger partial charge >= 0.3 is 0 Å². The number of nitrogens with two attached hydrogens (primary N) is 1. The number of ether oxygens (including phenoxy) is 2. The van der Waals surface area contributed by atoms with Gasteiger partial charge in [-0.1, -0.05) is 30.3 Å². The largest absolute Gasteiger partial charge is 0.396 e. The van der Waals surface area contributed by atoms with Gasteiger partial charge in [-0.15, -0.1) is 0 Å². The number of rotatable bonds is 4. The van der Waals surface area contributed by atoms with Crippen molar-refractivity contribution in [3.63, 3.8) is 0 Å². The number of nitrogens with one attached hydrogen (secondary N) is 2. The molecule has 0 amide bonds. The third-order valence-corrected chi connectivity index (χ3v) is 2.62. The van der Waals surface area contributed by atoms with Crippen LogP contribution in [0, 0.1) is 5.41 Å². The van der Waals surface area contributed by atoms with E-state index in [1.54, 1.807) is 6.20 Å². The van der Waals surface area contributed by atoms with Gasteiger partial charge in [0.2, 0.25) is 0 Å². The Balaban J connectivity index is 1.83. The van der Waals surface area contributed by atoms with Crippen molar-refractivity contribution in [3.05, 3.63) is 47.8 Å². The first-order chi connectivity index (χ1) is 8.79. The molecule has 0 spiro atoms. The van der Waals surface area contributed by atoms with Crippen LogP contribution in [0.4, 0.5) is 0 Å². The van der Waals surface area contributed by atoms with Crippen LogP contribution in [-0.2, 0) is 9.47 Å². The van der Waals surface area contributed by atoms with Crippen molar-refractivity contribution < 1.29 is 9.47 Å². The minimum absolute atomic E-state index is 0.0588. The molecular weight excluding hydrogens is 230 g/mol. The van der Waals surface area contributed by atoms with Gasteiger partial charge in [0.25, 0.3) is 0 Å². The standard InChI is InChI=1S/C13H17N3O2/c14-6-11(15)7-16-12-8-17-13(18-9-12)10-4-2-1-3-5-10/h1-7,12-14,16H,8-9,15H2/b11-7+,14-6?.